The van der Waals surface area contributed by atoms with Crippen LogP contribution in [0.1, 0.15) is 77.8 Å². The summed E-state index contributed by atoms with van der Waals surface area (Å²) in [5.41, 5.74) is 3.01. The second-order valence-electron chi connectivity index (χ2n) is 15.7. The summed E-state index contributed by atoms with van der Waals surface area (Å²) >= 11 is 0. The standard InChI is InChI=1S/C44H42F2N8O6/c45-44(46)53-36-10-13-48-23-35(36)32-6-4-26(19-38(32)53)28-18-27(21-47)40(49-22-28)52-24-31(25-52)60-29-11-15-51(16-12-29)14-2-1-3-17-59-30-5-7-33-34(20-30)43(58)54(42(33)57)37-8-9-39(55)50-41(37)56/h4-7,10,13,18-20,22-23,29,31,37,44H,1-3,8-9,11-12,14-17,24-25H2,(H,50,55,56). The van der Waals surface area contributed by atoms with Gasteiger partial charge in [0.15, 0.2) is 0 Å². The van der Waals surface area contributed by atoms with Gasteiger partial charge < -0.3 is 19.3 Å². The van der Waals surface area contributed by atoms with Gasteiger partial charge in [0.05, 0.1) is 46.5 Å². The molecule has 4 aliphatic heterocycles. The molecule has 0 bridgehead atoms. The molecule has 5 aromatic rings. The van der Waals surface area contributed by atoms with Gasteiger partial charge in [-0.1, -0.05) is 12.1 Å². The maximum Gasteiger partial charge on any atom is 0.319 e. The number of anilines is 1. The zero-order chi connectivity index (χ0) is 41.5. The number of halogens is 2. The number of imide groups is 2. The number of hydrogen-bond acceptors (Lipinski definition) is 11. The molecule has 7 heterocycles. The maximum absolute atomic E-state index is 14.2. The van der Waals surface area contributed by atoms with Crippen molar-refractivity contribution in [2.24, 2.45) is 0 Å². The van der Waals surface area contributed by atoms with Gasteiger partial charge in [0.25, 0.3) is 11.8 Å². The molecule has 4 amide bonds. The number of alkyl halides is 2. The first-order valence-electron chi connectivity index (χ1n) is 20.3. The van der Waals surface area contributed by atoms with E-state index in [9.17, 15) is 33.2 Å². The molecule has 16 heteroatoms. The third-order valence-electron chi connectivity index (χ3n) is 12.0. The van der Waals surface area contributed by atoms with Gasteiger partial charge in [0.1, 0.15) is 23.7 Å². The highest BCUT2D eigenvalue weighted by atomic mass is 19.3. The van der Waals surface area contributed by atoms with Crippen LogP contribution in [-0.4, -0.2) is 106 Å². The number of benzene rings is 2. The number of nitrogens with zero attached hydrogens (tertiary/aromatic N) is 7. The highest BCUT2D eigenvalue weighted by Crippen LogP contribution is 2.36. The van der Waals surface area contributed by atoms with Crippen molar-refractivity contribution < 1.29 is 37.4 Å². The SMILES string of the molecule is N#Cc1cc(-c2ccc3c4cnccc4n(C(F)F)c3c2)cnc1N1CC(OC2CCN(CCCCCOc3ccc4c(c3)C(=O)N(C3CCC(=O)NC3=O)C4=O)CC2)C1. The van der Waals surface area contributed by atoms with Gasteiger partial charge in [0.2, 0.25) is 11.8 Å². The summed E-state index contributed by atoms with van der Waals surface area (Å²) in [4.78, 5) is 64.1. The van der Waals surface area contributed by atoms with E-state index in [0.29, 0.717) is 69.8 Å². The average molecular weight is 817 g/mol. The van der Waals surface area contributed by atoms with Crippen molar-refractivity contribution in [2.45, 2.75) is 69.7 Å². The largest absolute Gasteiger partial charge is 0.494 e. The Morgan fingerprint density at radius 3 is 2.45 bits per heavy atom. The molecule has 1 unspecified atom stereocenters. The molecule has 0 radical (unpaired) electrons. The number of likely N-dealkylation sites (tertiary alicyclic amines) is 1. The zero-order valence-corrected chi connectivity index (χ0v) is 32.7. The molecule has 0 spiro atoms. The lowest BCUT2D eigenvalue weighted by Gasteiger charge is -2.43. The van der Waals surface area contributed by atoms with Crippen molar-refractivity contribution in [1.82, 2.24) is 29.7 Å². The normalized spacial score (nSPS) is 19.0. The highest BCUT2D eigenvalue weighted by Gasteiger charge is 2.44. The number of nitrogens with one attached hydrogen (secondary N) is 1. The van der Waals surface area contributed by atoms with Crippen LogP contribution in [0, 0.1) is 11.3 Å². The fourth-order valence-corrected chi connectivity index (χ4v) is 8.82. The Hall–Kier alpha value is -6.31. The van der Waals surface area contributed by atoms with Crippen molar-refractivity contribution in [3.8, 4) is 22.9 Å². The molecule has 3 aromatic heterocycles. The van der Waals surface area contributed by atoms with E-state index in [1.54, 1.807) is 48.8 Å². The summed E-state index contributed by atoms with van der Waals surface area (Å²) in [7, 11) is 0. The van der Waals surface area contributed by atoms with Crippen molar-refractivity contribution in [3.63, 3.8) is 0 Å². The fourth-order valence-electron chi connectivity index (χ4n) is 8.82. The van der Waals surface area contributed by atoms with E-state index in [-0.39, 0.29) is 36.2 Å². The van der Waals surface area contributed by atoms with Gasteiger partial charge in [0, 0.05) is 67.5 Å². The lowest BCUT2D eigenvalue weighted by molar-refractivity contribution is -0.136. The molecule has 60 heavy (non-hydrogen) atoms. The van der Waals surface area contributed by atoms with E-state index in [2.05, 4.69) is 26.3 Å². The van der Waals surface area contributed by atoms with E-state index in [4.69, 9.17) is 9.47 Å². The van der Waals surface area contributed by atoms with Gasteiger partial charge in [-0.15, -0.1) is 0 Å². The first kappa shape index (κ1) is 39.2. The second kappa shape index (κ2) is 16.4. The van der Waals surface area contributed by atoms with Gasteiger partial charge in [-0.25, -0.2) is 4.98 Å². The van der Waals surface area contributed by atoms with Crippen LogP contribution in [0.4, 0.5) is 14.6 Å². The molecular weight excluding hydrogens is 775 g/mol. The topological polar surface area (TPSA) is 163 Å². The summed E-state index contributed by atoms with van der Waals surface area (Å²) < 4.78 is 41.7. The van der Waals surface area contributed by atoms with E-state index >= 15 is 0 Å². The first-order valence-corrected chi connectivity index (χ1v) is 20.3. The lowest BCUT2D eigenvalue weighted by atomic mass is 10.0. The number of pyridine rings is 2. The number of hydrogen-bond donors (Lipinski definition) is 1. The quantitative estimate of drug-likeness (QED) is 0.112. The van der Waals surface area contributed by atoms with Crippen molar-refractivity contribution in [1.29, 1.82) is 5.26 Å². The molecule has 1 N–H and O–H groups in total. The first-order chi connectivity index (χ1) is 29.2. The number of aromatic nitrogens is 3. The van der Waals surface area contributed by atoms with Crippen LogP contribution >= 0.6 is 0 Å². The Balaban J connectivity index is 0.692. The third kappa shape index (κ3) is 7.43. The van der Waals surface area contributed by atoms with Crippen LogP contribution in [0.15, 0.2) is 67.1 Å². The Labute approximate surface area is 343 Å². The number of fused-ring (bicyclic) bond motifs is 4. The molecule has 2 aromatic carbocycles. The summed E-state index contributed by atoms with van der Waals surface area (Å²) in [6.45, 7) is 1.91. The van der Waals surface area contributed by atoms with E-state index in [1.807, 2.05) is 17.0 Å². The lowest BCUT2D eigenvalue weighted by Crippen LogP contribution is -2.55. The minimum absolute atomic E-state index is 0.0521. The minimum atomic E-state index is -2.72. The zero-order valence-electron chi connectivity index (χ0n) is 32.7. The monoisotopic (exact) mass is 816 g/mol. The molecule has 14 nitrogen and oxygen atoms in total. The Morgan fingerprint density at radius 2 is 1.67 bits per heavy atom. The van der Waals surface area contributed by atoms with Gasteiger partial charge in [-0.3, -0.25) is 38.9 Å². The third-order valence-corrected chi connectivity index (χ3v) is 12.0. The van der Waals surface area contributed by atoms with Crippen molar-refractivity contribution >= 4 is 51.3 Å². The number of rotatable bonds is 13. The number of piperidine rings is 2. The predicted octanol–water partition coefficient (Wildman–Crippen LogP) is 5.84. The Kier molecular flexibility index (Phi) is 10.7. The van der Waals surface area contributed by atoms with Gasteiger partial charge >= 0.3 is 6.55 Å². The smallest absolute Gasteiger partial charge is 0.319 e. The van der Waals surface area contributed by atoms with Crippen LogP contribution < -0.4 is 15.0 Å². The molecule has 1 atom stereocenters. The molecule has 0 saturated carbocycles. The molecule has 3 saturated heterocycles. The van der Waals surface area contributed by atoms with E-state index in [0.717, 1.165) is 61.2 Å². The van der Waals surface area contributed by atoms with Crippen LogP contribution in [0.5, 0.6) is 5.75 Å². The van der Waals surface area contributed by atoms with Crippen molar-refractivity contribution in [2.75, 3.05) is 44.2 Å². The summed E-state index contributed by atoms with van der Waals surface area (Å²) in [5, 5.41) is 13.6. The van der Waals surface area contributed by atoms with Crippen molar-refractivity contribution in [3.05, 3.63) is 83.8 Å². The average Bonchev–Trinajstić information content (AvgIpc) is 3.70. The minimum Gasteiger partial charge on any atom is -0.494 e. The van der Waals surface area contributed by atoms with E-state index < -0.39 is 36.2 Å². The Morgan fingerprint density at radius 1 is 0.850 bits per heavy atom. The Bertz CT molecular complexity index is 2560. The number of ether oxygens (including phenoxy) is 2. The summed E-state index contributed by atoms with van der Waals surface area (Å²) in [6, 6.07) is 14.8. The van der Waals surface area contributed by atoms with Gasteiger partial charge in [-0.05, 0) is 87.0 Å². The second-order valence-corrected chi connectivity index (χ2v) is 15.7. The fraction of sp³-hybridized carbons (Fsp3) is 0.386. The van der Waals surface area contributed by atoms with Gasteiger partial charge in [-0.2, -0.15) is 14.0 Å². The number of amides is 4. The van der Waals surface area contributed by atoms with Crippen LogP contribution in [-0.2, 0) is 14.3 Å². The highest BCUT2D eigenvalue weighted by molar-refractivity contribution is 6.23. The molecular formula is C44H42F2N8O6. The summed E-state index contributed by atoms with van der Waals surface area (Å²) in [5.74, 6) is -1.07. The number of carbonyl (C=O) groups excluding carboxylic acids is 4. The molecule has 0 aliphatic carbocycles. The number of nitriles is 1. The van der Waals surface area contributed by atoms with Crippen LogP contribution in [0.3, 0.4) is 0 Å². The van der Waals surface area contributed by atoms with Crippen LogP contribution in [0.25, 0.3) is 32.9 Å². The number of unbranched alkanes of at least 4 members (excludes halogenated alkanes) is 2. The molecule has 3 fully saturated rings. The maximum atomic E-state index is 14.2. The number of carbonyl (C=O) groups is 4. The van der Waals surface area contributed by atoms with E-state index in [1.165, 1.54) is 6.20 Å². The molecule has 308 valence electrons. The van der Waals surface area contributed by atoms with Crippen LogP contribution in [0.2, 0.25) is 0 Å². The summed E-state index contributed by atoms with van der Waals surface area (Å²) in [6.07, 6.45) is 9.90. The molecule has 9 rings (SSSR count). The molecule has 4 aliphatic rings. The predicted molar refractivity (Wildman–Crippen MR) is 215 cm³/mol.